The van der Waals surface area contributed by atoms with Crippen LogP contribution in [-0.2, 0) is 16.0 Å². The predicted octanol–water partition coefficient (Wildman–Crippen LogP) is 5.70. The number of carbonyl (C=O) groups is 2. The quantitative estimate of drug-likeness (QED) is 0.140. The zero-order valence-corrected chi connectivity index (χ0v) is 23.4. The van der Waals surface area contributed by atoms with Crippen LogP contribution in [0.4, 0.5) is 0 Å². The molecule has 3 aromatic rings. The van der Waals surface area contributed by atoms with Gasteiger partial charge in [0.1, 0.15) is 19.0 Å². The van der Waals surface area contributed by atoms with Crippen LogP contribution in [0, 0.1) is 0 Å². The zero-order valence-electron chi connectivity index (χ0n) is 23.4. The molecule has 8 heteroatoms. The third-order valence-corrected chi connectivity index (χ3v) is 7.18. The number of rotatable bonds is 11. The Morgan fingerprint density at radius 3 is 2.46 bits per heavy atom. The molecule has 0 saturated carbocycles. The Hall–Kier alpha value is -4.46. The predicted molar refractivity (Wildman–Crippen MR) is 155 cm³/mol. The monoisotopic (exact) mass is 557 g/mol. The first-order valence-electron chi connectivity index (χ1n) is 14.1. The number of hydrogen-bond donors (Lipinski definition) is 1. The van der Waals surface area contributed by atoms with Crippen molar-refractivity contribution in [2.75, 3.05) is 33.0 Å². The molecule has 41 heavy (non-hydrogen) atoms. The summed E-state index contributed by atoms with van der Waals surface area (Å²) in [7, 11) is 0. The Labute approximate surface area is 240 Å². The molecule has 2 aliphatic heterocycles. The number of aliphatic hydroxyl groups is 1. The van der Waals surface area contributed by atoms with E-state index in [4.69, 9.17) is 18.9 Å². The van der Waals surface area contributed by atoms with E-state index < -0.39 is 17.7 Å². The lowest BCUT2D eigenvalue weighted by Gasteiger charge is -2.26. The van der Waals surface area contributed by atoms with Crippen molar-refractivity contribution in [3.8, 4) is 23.0 Å². The molecule has 1 fully saturated rings. The van der Waals surface area contributed by atoms with Crippen LogP contribution in [0.5, 0.6) is 23.0 Å². The molecule has 0 radical (unpaired) electrons. The van der Waals surface area contributed by atoms with Gasteiger partial charge >= 0.3 is 0 Å². The molecule has 0 aromatic heterocycles. The Morgan fingerprint density at radius 1 is 0.927 bits per heavy atom. The van der Waals surface area contributed by atoms with Crippen molar-refractivity contribution in [1.82, 2.24) is 4.90 Å². The number of likely N-dealkylation sites (tertiary alicyclic amines) is 1. The van der Waals surface area contributed by atoms with Gasteiger partial charge in [-0.15, -0.1) is 0 Å². The van der Waals surface area contributed by atoms with Crippen molar-refractivity contribution in [3.63, 3.8) is 0 Å². The van der Waals surface area contributed by atoms with Crippen LogP contribution in [0.3, 0.4) is 0 Å². The maximum Gasteiger partial charge on any atom is 0.295 e. The van der Waals surface area contributed by atoms with Gasteiger partial charge in [0.25, 0.3) is 11.7 Å². The Bertz CT molecular complexity index is 1430. The summed E-state index contributed by atoms with van der Waals surface area (Å²) in [6.07, 6.45) is 2.45. The highest BCUT2D eigenvalue weighted by Gasteiger charge is 2.46. The van der Waals surface area contributed by atoms with Crippen molar-refractivity contribution in [3.05, 3.63) is 89.0 Å². The number of benzene rings is 3. The number of amides is 1. The summed E-state index contributed by atoms with van der Waals surface area (Å²) in [6, 6.07) is 19.4. The summed E-state index contributed by atoms with van der Waals surface area (Å²) in [4.78, 5) is 28.5. The second-order valence-electron chi connectivity index (χ2n) is 9.93. The molecule has 2 heterocycles. The highest BCUT2D eigenvalue weighted by Crippen LogP contribution is 2.43. The molecule has 0 spiro atoms. The minimum Gasteiger partial charge on any atom is -0.507 e. The van der Waals surface area contributed by atoms with Gasteiger partial charge in [0.15, 0.2) is 23.0 Å². The van der Waals surface area contributed by atoms with Gasteiger partial charge in [-0.2, -0.15) is 0 Å². The smallest absolute Gasteiger partial charge is 0.295 e. The fourth-order valence-corrected chi connectivity index (χ4v) is 5.11. The summed E-state index contributed by atoms with van der Waals surface area (Å²) in [6.45, 7) is 6.05. The maximum atomic E-state index is 13.5. The minimum absolute atomic E-state index is 0.0156. The molecule has 214 valence electrons. The lowest BCUT2D eigenvalue weighted by atomic mass is 9.94. The van der Waals surface area contributed by atoms with Crippen molar-refractivity contribution in [1.29, 1.82) is 0 Å². The standard InChI is InChI=1S/C33H35NO7/c1-3-5-17-39-25-13-11-23(20-27(25)38-4-2)30-29(31(35)24-12-14-26-28(21-24)41-19-18-40-26)32(36)33(37)34(30)16-15-22-9-7-6-8-10-22/h6-14,20-21,30,35H,3-5,15-19H2,1-2H3/b31-29-. The van der Waals surface area contributed by atoms with E-state index in [1.807, 2.05) is 43.3 Å². The number of Topliss-reactive ketones (excluding diaryl/α,β-unsaturated/α-hetero) is 1. The molecule has 3 aromatic carbocycles. The van der Waals surface area contributed by atoms with Gasteiger partial charge in [0, 0.05) is 12.1 Å². The summed E-state index contributed by atoms with van der Waals surface area (Å²) < 4.78 is 23.2. The van der Waals surface area contributed by atoms with Gasteiger partial charge in [-0.3, -0.25) is 9.59 Å². The number of hydrogen-bond acceptors (Lipinski definition) is 7. The molecule has 0 bridgehead atoms. The third-order valence-electron chi connectivity index (χ3n) is 7.18. The van der Waals surface area contributed by atoms with E-state index in [0.29, 0.717) is 67.0 Å². The van der Waals surface area contributed by atoms with E-state index in [0.717, 1.165) is 18.4 Å². The van der Waals surface area contributed by atoms with E-state index in [9.17, 15) is 14.7 Å². The van der Waals surface area contributed by atoms with E-state index in [1.165, 1.54) is 4.90 Å². The second kappa shape index (κ2) is 12.8. The van der Waals surface area contributed by atoms with E-state index in [-0.39, 0.29) is 17.9 Å². The van der Waals surface area contributed by atoms with Crippen LogP contribution in [0.25, 0.3) is 5.76 Å². The van der Waals surface area contributed by atoms with Crippen molar-refractivity contribution >= 4 is 17.4 Å². The fourth-order valence-electron chi connectivity index (χ4n) is 5.11. The van der Waals surface area contributed by atoms with E-state index >= 15 is 0 Å². The lowest BCUT2D eigenvalue weighted by molar-refractivity contribution is -0.139. The summed E-state index contributed by atoms with van der Waals surface area (Å²) in [5, 5.41) is 11.5. The summed E-state index contributed by atoms with van der Waals surface area (Å²) >= 11 is 0. The van der Waals surface area contributed by atoms with Crippen LogP contribution in [0.15, 0.2) is 72.3 Å². The largest absolute Gasteiger partial charge is 0.507 e. The Kier molecular flexibility index (Phi) is 8.77. The third kappa shape index (κ3) is 6.01. The highest BCUT2D eigenvalue weighted by atomic mass is 16.6. The maximum absolute atomic E-state index is 13.5. The first-order valence-corrected chi connectivity index (χ1v) is 14.1. The molecule has 1 amide bonds. The molecule has 1 saturated heterocycles. The van der Waals surface area contributed by atoms with Crippen molar-refractivity contribution < 1.29 is 33.6 Å². The first kappa shape index (κ1) is 28.1. The fraction of sp³-hybridized carbons (Fsp3) is 0.333. The second-order valence-corrected chi connectivity index (χ2v) is 9.93. The number of fused-ring (bicyclic) bond motifs is 1. The Balaban J connectivity index is 1.58. The topological polar surface area (TPSA) is 94.5 Å². The number of unbranched alkanes of at least 4 members (excludes halogenated alkanes) is 1. The highest BCUT2D eigenvalue weighted by molar-refractivity contribution is 6.46. The molecule has 5 rings (SSSR count). The van der Waals surface area contributed by atoms with Gasteiger partial charge in [-0.05, 0) is 61.2 Å². The number of nitrogens with zero attached hydrogens (tertiary/aromatic N) is 1. The van der Waals surface area contributed by atoms with Crippen molar-refractivity contribution in [2.24, 2.45) is 0 Å². The van der Waals surface area contributed by atoms with Crippen LogP contribution in [-0.4, -0.2) is 54.7 Å². The average molecular weight is 558 g/mol. The Morgan fingerprint density at radius 2 is 1.71 bits per heavy atom. The van der Waals surface area contributed by atoms with Gasteiger partial charge in [-0.1, -0.05) is 49.7 Å². The van der Waals surface area contributed by atoms with Crippen LogP contribution in [0.1, 0.15) is 49.4 Å². The number of aliphatic hydroxyl groups excluding tert-OH is 1. The minimum atomic E-state index is -0.823. The first-order chi connectivity index (χ1) is 20.0. The normalized spacial score (nSPS) is 17.5. The van der Waals surface area contributed by atoms with Crippen LogP contribution in [0.2, 0.25) is 0 Å². The lowest BCUT2D eigenvalue weighted by Crippen LogP contribution is -2.31. The van der Waals surface area contributed by atoms with Crippen molar-refractivity contribution in [2.45, 2.75) is 39.2 Å². The molecule has 0 aliphatic carbocycles. The molecule has 2 aliphatic rings. The number of carbonyl (C=O) groups excluding carboxylic acids is 2. The van der Waals surface area contributed by atoms with E-state index in [2.05, 4.69) is 6.92 Å². The van der Waals surface area contributed by atoms with Gasteiger partial charge < -0.3 is 29.0 Å². The summed E-state index contributed by atoms with van der Waals surface area (Å²) in [5.41, 5.74) is 2.06. The SMILES string of the molecule is CCCCOc1ccc(C2/C(=C(/O)c3ccc4c(c3)OCCO4)C(=O)C(=O)N2CCc2ccccc2)cc1OCC. The molecular weight excluding hydrogens is 522 g/mol. The average Bonchev–Trinajstić information content (AvgIpc) is 3.26. The van der Waals surface area contributed by atoms with Crippen LogP contribution >= 0.6 is 0 Å². The zero-order chi connectivity index (χ0) is 28.8. The van der Waals surface area contributed by atoms with Gasteiger partial charge in [-0.25, -0.2) is 0 Å². The molecule has 8 nitrogen and oxygen atoms in total. The van der Waals surface area contributed by atoms with Gasteiger partial charge in [0.2, 0.25) is 0 Å². The van der Waals surface area contributed by atoms with Crippen LogP contribution < -0.4 is 18.9 Å². The van der Waals surface area contributed by atoms with Gasteiger partial charge in [0.05, 0.1) is 24.8 Å². The summed E-state index contributed by atoms with van der Waals surface area (Å²) in [5.74, 6) is 0.484. The number of ether oxygens (including phenoxy) is 4. The molecule has 1 unspecified atom stereocenters. The molecular formula is C33H35NO7. The number of ketones is 1. The van der Waals surface area contributed by atoms with E-state index in [1.54, 1.807) is 30.3 Å². The molecule has 1 atom stereocenters. The molecule has 1 N–H and O–H groups in total.